The molecule has 0 aliphatic carbocycles. The summed E-state index contributed by atoms with van der Waals surface area (Å²) < 4.78 is 2.24. The molecule has 41 heavy (non-hydrogen) atoms. The number of pyridine rings is 1. The van der Waals surface area contributed by atoms with Crippen molar-refractivity contribution in [1.29, 1.82) is 0 Å². The Morgan fingerprint density at radius 2 is 1.63 bits per heavy atom. The Labute approximate surface area is 253 Å². The van der Waals surface area contributed by atoms with Gasteiger partial charge in [-0.2, -0.15) is 6.20 Å². The first-order chi connectivity index (χ1) is 19.1. The van der Waals surface area contributed by atoms with Gasteiger partial charge in [-0.3, -0.25) is 0 Å². The first-order valence-electron chi connectivity index (χ1n) is 13.5. The molecule has 0 unspecified atom stereocenters. The normalized spacial score (nSPS) is 11.8. The molecule has 7 heteroatoms. The molecular weight excluding hydrogens is 691 g/mol. The van der Waals surface area contributed by atoms with Gasteiger partial charge in [0, 0.05) is 38.2 Å². The SMILES string of the molecule is CC(C)n1c(-c2cc(C(C)(C)C)cc3cc[n-]c23)nc2c(-c3cc(-c4ccccc4)cc(C(=O)O)n3)cccc21.[Pt]. The van der Waals surface area contributed by atoms with E-state index >= 15 is 0 Å². The van der Waals surface area contributed by atoms with Gasteiger partial charge in [-0.05, 0) is 65.6 Å². The Bertz CT molecular complexity index is 1900. The zero-order valence-corrected chi connectivity index (χ0v) is 25.9. The molecular formula is C34H31N4O2Pt-. The molecule has 0 aliphatic rings. The Kier molecular flexibility index (Phi) is 7.48. The van der Waals surface area contributed by atoms with Gasteiger partial charge in [0.05, 0.1) is 16.7 Å². The number of aromatic nitrogens is 4. The monoisotopic (exact) mass is 722 g/mol. The molecule has 210 valence electrons. The number of benzene rings is 3. The van der Waals surface area contributed by atoms with Crippen molar-refractivity contribution in [2.45, 2.75) is 46.1 Å². The van der Waals surface area contributed by atoms with Crippen LogP contribution >= 0.6 is 0 Å². The summed E-state index contributed by atoms with van der Waals surface area (Å²) in [6.07, 6.45) is 1.85. The molecule has 0 saturated heterocycles. The number of nitrogens with zero attached hydrogens (tertiary/aromatic N) is 4. The molecule has 0 spiro atoms. The number of carboxylic acids is 1. The fourth-order valence-corrected chi connectivity index (χ4v) is 5.34. The number of imidazole rings is 1. The molecule has 3 heterocycles. The molecule has 1 N–H and O–H groups in total. The van der Waals surface area contributed by atoms with Crippen LogP contribution in [0.4, 0.5) is 0 Å². The average molecular weight is 723 g/mol. The van der Waals surface area contributed by atoms with Gasteiger partial charge in [0.1, 0.15) is 11.5 Å². The van der Waals surface area contributed by atoms with Gasteiger partial charge >= 0.3 is 5.97 Å². The maximum absolute atomic E-state index is 12.1. The van der Waals surface area contributed by atoms with E-state index < -0.39 is 5.97 Å². The Morgan fingerprint density at radius 3 is 2.32 bits per heavy atom. The third kappa shape index (κ3) is 5.13. The topological polar surface area (TPSA) is 82.1 Å². The van der Waals surface area contributed by atoms with E-state index in [9.17, 15) is 9.90 Å². The number of fused-ring (bicyclic) bond motifs is 2. The van der Waals surface area contributed by atoms with E-state index in [1.165, 1.54) is 5.56 Å². The van der Waals surface area contributed by atoms with Crippen LogP contribution < -0.4 is 4.98 Å². The van der Waals surface area contributed by atoms with E-state index in [1.54, 1.807) is 6.07 Å². The fraction of sp³-hybridized carbons (Fsp3) is 0.206. The van der Waals surface area contributed by atoms with E-state index in [-0.39, 0.29) is 38.2 Å². The molecule has 6 rings (SSSR count). The van der Waals surface area contributed by atoms with Gasteiger partial charge in [-0.1, -0.05) is 75.4 Å². The molecule has 0 amide bonds. The first kappa shape index (κ1) is 28.5. The molecule has 0 bridgehead atoms. The van der Waals surface area contributed by atoms with Crippen LogP contribution in [0.25, 0.3) is 55.7 Å². The zero-order chi connectivity index (χ0) is 28.2. The van der Waals surface area contributed by atoms with Crippen molar-refractivity contribution >= 4 is 27.9 Å². The number of rotatable bonds is 5. The summed E-state index contributed by atoms with van der Waals surface area (Å²) in [6.45, 7) is 10.9. The average Bonchev–Trinajstić information content (AvgIpc) is 3.57. The third-order valence-corrected chi connectivity index (χ3v) is 7.37. The van der Waals surface area contributed by atoms with E-state index in [0.29, 0.717) is 5.69 Å². The quantitative estimate of drug-likeness (QED) is 0.195. The largest absolute Gasteiger partial charge is 0.663 e. The van der Waals surface area contributed by atoms with Crippen LogP contribution in [-0.2, 0) is 26.5 Å². The molecule has 6 aromatic rings. The van der Waals surface area contributed by atoms with Crippen LogP contribution in [0.3, 0.4) is 0 Å². The van der Waals surface area contributed by atoms with Gasteiger partial charge < -0.3 is 14.7 Å². The summed E-state index contributed by atoms with van der Waals surface area (Å²) in [5.74, 6) is -0.229. The van der Waals surface area contributed by atoms with Crippen molar-refractivity contribution in [1.82, 2.24) is 19.5 Å². The molecule has 0 aliphatic heterocycles. The molecule has 0 atom stereocenters. The number of hydrogen-bond donors (Lipinski definition) is 1. The third-order valence-electron chi connectivity index (χ3n) is 7.37. The number of hydrogen-bond acceptors (Lipinski definition) is 3. The van der Waals surface area contributed by atoms with Crippen molar-refractivity contribution in [3.8, 4) is 33.8 Å². The number of para-hydroxylation sites is 1. The maximum atomic E-state index is 12.1. The van der Waals surface area contributed by atoms with E-state index in [4.69, 9.17) is 9.97 Å². The van der Waals surface area contributed by atoms with E-state index in [0.717, 1.165) is 50.0 Å². The molecule has 0 saturated carbocycles. The summed E-state index contributed by atoms with van der Waals surface area (Å²) in [5.41, 5.74) is 7.91. The molecule has 0 radical (unpaired) electrons. The molecule has 6 nitrogen and oxygen atoms in total. The Hall–Kier alpha value is -4.02. The summed E-state index contributed by atoms with van der Waals surface area (Å²) in [7, 11) is 0. The standard InChI is InChI=1S/C34H32N4O2.Pt/c1-20(2)38-29-13-9-12-25(27-17-23(18-28(36-27)33(39)40)21-10-7-6-8-11-21)31(29)37-32(38)26-19-24(34(3,4)5)16-22-14-15-35-30(22)26;/h6-20H,1-5H3,(H2,35,36,37,39,40);/p-1. The van der Waals surface area contributed by atoms with Crippen LogP contribution in [0.5, 0.6) is 0 Å². The second kappa shape index (κ2) is 10.8. The van der Waals surface area contributed by atoms with Gasteiger partial charge in [0.15, 0.2) is 0 Å². The summed E-state index contributed by atoms with van der Waals surface area (Å²) in [4.78, 5) is 26.6. The second-order valence-corrected chi connectivity index (χ2v) is 11.5. The van der Waals surface area contributed by atoms with Crippen molar-refractivity contribution in [3.05, 3.63) is 96.3 Å². The van der Waals surface area contributed by atoms with Crippen molar-refractivity contribution in [2.24, 2.45) is 0 Å². The molecule has 3 aromatic heterocycles. The Morgan fingerprint density at radius 1 is 0.878 bits per heavy atom. The minimum atomic E-state index is -1.07. The maximum Gasteiger partial charge on any atom is 0.354 e. The summed E-state index contributed by atoms with van der Waals surface area (Å²) in [6, 6.07) is 26.0. The number of aromatic carboxylic acids is 1. The zero-order valence-electron chi connectivity index (χ0n) is 23.6. The van der Waals surface area contributed by atoms with Gasteiger partial charge in [0.25, 0.3) is 0 Å². The van der Waals surface area contributed by atoms with E-state index in [1.807, 2.05) is 60.8 Å². The van der Waals surface area contributed by atoms with Crippen LogP contribution in [-0.4, -0.2) is 25.6 Å². The summed E-state index contributed by atoms with van der Waals surface area (Å²) >= 11 is 0. The predicted molar refractivity (Wildman–Crippen MR) is 161 cm³/mol. The van der Waals surface area contributed by atoms with Gasteiger partial charge in [-0.15, -0.1) is 5.52 Å². The van der Waals surface area contributed by atoms with Gasteiger partial charge in [0.2, 0.25) is 0 Å². The van der Waals surface area contributed by atoms with Gasteiger partial charge in [-0.25, -0.2) is 14.8 Å². The van der Waals surface area contributed by atoms with Crippen LogP contribution in [0.2, 0.25) is 0 Å². The fourth-order valence-electron chi connectivity index (χ4n) is 5.34. The van der Waals surface area contributed by atoms with Crippen molar-refractivity contribution in [2.75, 3.05) is 0 Å². The van der Waals surface area contributed by atoms with E-state index in [2.05, 4.69) is 62.4 Å². The minimum Gasteiger partial charge on any atom is -0.663 e. The smallest absolute Gasteiger partial charge is 0.354 e. The second-order valence-electron chi connectivity index (χ2n) is 11.5. The first-order valence-corrected chi connectivity index (χ1v) is 13.5. The van der Waals surface area contributed by atoms with Crippen molar-refractivity contribution < 1.29 is 31.0 Å². The minimum absolute atomic E-state index is 0. The number of carbonyl (C=O) groups is 1. The van der Waals surface area contributed by atoms with Crippen molar-refractivity contribution in [3.63, 3.8) is 0 Å². The molecule has 0 fully saturated rings. The summed E-state index contributed by atoms with van der Waals surface area (Å²) in [5, 5.41) is 11.0. The van der Waals surface area contributed by atoms with Crippen LogP contribution in [0, 0.1) is 0 Å². The molecule has 3 aromatic carbocycles. The van der Waals surface area contributed by atoms with Crippen LogP contribution in [0.15, 0.2) is 85.1 Å². The number of carboxylic acid groups (broad SMARTS) is 1. The predicted octanol–water partition coefficient (Wildman–Crippen LogP) is 8.12. The Balaban J connectivity index is 0.00000337. The van der Waals surface area contributed by atoms with Crippen LogP contribution in [0.1, 0.15) is 56.7 Å².